The van der Waals surface area contributed by atoms with E-state index >= 15 is 0 Å². The van der Waals surface area contributed by atoms with Gasteiger partial charge in [0.15, 0.2) is 5.96 Å². The number of hydrogen-bond donors (Lipinski definition) is 3. The van der Waals surface area contributed by atoms with Crippen molar-refractivity contribution in [2.45, 2.75) is 32.3 Å². The van der Waals surface area contributed by atoms with Crippen LogP contribution < -0.4 is 16.0 Å². The average Bonchev–Trinajstić information content (AvgIpc) is 3.07. The Balaban J connectivity index is 0.00000312. The Kier molecular flexibility index (Phi) is 10.1. The van der Waals surface area contributed by atoms with Crippen LogP contribution >= 0.6 is 35.6 Å². The van der Waals surface area contributed by atoms with Crippen LogP contribution in [-0.4, -0.2) is 44.7 Å². The number of aryl methyl sites for hydroxylation is 1. The molecule has 0 radical (unpaired) electrons. The highest BCUT2D eigenvalue weighted by atomic mass is 127. The second kappa shape index (κ2) is 11.5. The van der Waals surface area contributed by atoms with Gasteiger partial charge in [0.1, 0.15) is 0 Å². The second-order valence-corrected chi connectivity index (χ2v) is 6.20. The van der Waals surface area contributed by atoms with Crippen LogP contribution in [0, 0.1) is 6.92 Å². The molecule has 6 nitrogen and oxygen atoms in total. The SMILES string of the molecule is CN=C(NCCC(=O)Nc1ccc(C)cc1Cl)NCC1CCCO1.I. The third-order valence-electron chi connectivity index (χ3n) is 3.79. The number of ether oxygens (including phenoxy) is 1. The smallest absolute Gasteiger partial charge is 0.226 e. The number of guanidine groups is 1. The van der Waals surface area contributed by atoms with Gasteiger partial charge in [-0.3, -0.25) is 9.79 Å². The Morgan fingerprint density at radius 2 is 2.20 bits per heavy atom. The molecule has 1 heterocycles. The molecule has 1 saturated heterocycles. The molecule has 0 aromatic heterocycles. The van der Waals surface area contributed by atoms with Crippen molar-refractivity contribution in [1.82, 2.24) is 10.6 Å². The number of carbonyl (C=O) groups excluding carboxylic acids is 1. The molecule has 140 valence electrons. The minimum atomic E-state index is -0.0946. The Bertz CT molecular complexity index is 592. The number of amides is 1. The van der Waals surface area contributed by atoms with Crippen LogP contribution in [-0.2, 0) is 9.53 Å². The van der Waals surface area contributed by atoms with Gasteiger partial charge in [-0.1, -0.05) is 17.7 Å². The van der Waals surface area contributed by atoms with Crippen molar-refractivity contribution in [3.05, 3.63) is 28.8 Å². The van der Waals surface area contributed by atoms with Crippen molar-refractivity contribution in [2.24, 2.45) is 4.99 Å². The lowest BCUT2D eigenvalue weighted by atomic mass is 10.2. The van der Waals surface area contributed by atoms with Crippen molar-refractivity contribution in [2.75, 3.05) is 32.1 Å². The van der Waals surface area contributed by atoms with E-state index in [1.807, 2.05) is 25.1 Å². The van der Waals surface area contributed by atoms with Crippen LogP contribution in [0.15, 0.2) is 23.2 Å². The van der Waals surface area contributed by atoms with Crippen LogP contribution in [0.1, 0.15) is 24.8 Å². The summed E-state index contributed by atoms with van der Waals surface area (Å²) in [6.45, 7) is 4.00. The summed E-state index contributed by atoms with van der Waals surface area (Å²) in [5.41, 5.74) is 1.69. The number of aliphatic imine (C=N–C) groups is 1. The van der Waals surface area contributed by atoms with Crippen LogP contribution in [0.2, 0.25) is 5.02 Å². The summed E-state index contributed by atoms with van der Waals surface area (Å²) in [5, 5.41) is 9.70. The summed E-state index contributed by atoms with van der Waals surface area (Å²) in [7, 11) is 1.71. The number of rotatable bonds is 6. The topological polar surface area (TPSA) is 74.8 Å². The van der Waals surface area contributed by atoms with Gasteiger partial charge in [-0.25, -0.2) is 0 Å². The van der Waals surface area contributed by atoms with Crippen molar-refractivity contribution >= 4 is 53.1 Å². The van der Waals surface area contributed by atoms with Gasteiger partial charge in [-0.15, -0.1) is 24.0 Å². The standard InChI is InChI=1S/C17H25ClN4O2.HI/c1-12-5-6-15(14(18)10-12)22-16(23)7-8-20-17(19-2)21-11-13-4-3-9-24-13;/h5-6,10,13H,3-4,7-9,11H2,1-2H3,(H,22,23)(H2,19,20,21);1H. The second-order valence-electron chi connectivity index (χ2n) is 5.80. The van der Waals surface area contributed by atoms with Crippen LogP contribution in [0.4, 0.5) is 5.69 Å². The highest BCUT2D eigenvalue weighted by molar-refractivity contribution is 14.0. The Morgan fingerprint density at radius 1 is 1.40 bits per heavy atom. The number of carbonyl (C=O) groups is 1. The van der Waals surface area contributed by atoms with Gasteiger partial charge in [0, 0.05) is 33.2 Å². The quantitative estimate of drug-likeness (QED) is 0.332. The minimum Gasteiger partial charge on any atom is -0.376 e. The Hall–Kier alpha value is -1.06. The average molecular weight is 481 g/mol. The van der Waals surface area contributed by atoms with E-state index in [0.29, 0.717) is 29.6 Å². The van der Waals surface area contributed by atoms with E-state index in [1.54, 1.807) is 7.05 Å². The van der Waals surface area contributed by atoms with Crippen molar-refractivity contribution in [3.8, 4) is 0 Å². The molecule has 0 saturated carbocycles. The zero-order chi connectivity index (χ0) is 17.4. The fourth-order valence-electron chi connectivity index (χ4n) is 2.47. The largest absolute Gasteiger partial charge is 0.376 e. The van der Waals surface area contributed by atoms with Gasteiger partial charge in [0.2, 0.25) is 5.91 Å². The van der Waals surface area contributed by atoms with Crippen molar-refractivity contribution in [3.63, 3.8) is 0 Å². The number of hydrogen-bond acceptors (Lipinski definition) is 3. The molecule has 1 aromatic rings. The van der Waals surface area contributed by atoms with Gasteiger partial charge in [0.25, 0.3) is 0 Å². The van der Waals surface area contributed by atoms with E-state index in [2.05, 4.69) is 20.9 Å². The zero-order valence-corrected chi connectivity index (χ0v) is 17.7. The predicted octanol–water partition coefficient (Wildman–Crippen LogP) is 2.94. The molecular weight excluding hydrogens is 455 g/mol. The van der Waals surface area contributed by atoms with E-state index in [0.717, 1.165) is 31.6 Å². The molecule has 1 amide bonds. The number of halogens is 2. The van der Waals surface area contributed by atoms with E-state index in [-0.39, 0.29) is 36.0 Å². The number of benzene rings is 1. The lowest BCUT2D eigenvalue weighted by molar-refractivity contribution is -0.116. The molecule has 2 rings (SSSR count). The molecule has 1 unspecified atom stereocenters. The molecule has 0 bridgehead atoms. The Labute approximate surface area is 171 Å². The van der Waals surface area contributed by atoms with Crippen LogP contribution in [0.5, 0.6) is 0 Å². The third-order valence-corrected chi connectivity index (χ3v) is 4.10. The fourth-order valence-corrected chi connectivity index (χ4v) is 2.75. The lowest BCUT2D eigenvalue weighted by Gasteiger charge is -2.15. The normalized spacial score (nSPS) is 16.9. The molecule has 1 aromatic carbocycles. The maximum Gasteiger partial charge on any atom is 0.226 e. The van der Waals surface area contributed by atoms with Crippen molar-refractivity contribution in [1.29, 1.82) is 0 Å². The van der Waals surface area contributed by atoms with Gasteiger partial charge in [-0.05, 0) is 37.5 Å². The molecule has 0 spiro atoms. The van der Waals surface area contributed by atoms with Crippen molar-refractivity contribution < 1.29 is 9.53 Å². The van der Waals surface area contributed by atoms with Crippen LogP contribution in [0.25, 0.3) is 0 Å². The highest BCUT2D eigenvalue weighted by Crippen LogP contribution is 2.22. The monoisotopic (exact) mass is 480 g/mol. The summed E-state index contributed by atoms with van der Waals surface area (Å²) < 4.78 is 5.55. The summed E-state index contributed by atoms with van der Waals surface area (Å²) in [6, 6.07) is 5.55. The van der Waals surface area contributed by atoms with Gasteiger partial charge < -0.3 is 20.7 Å². The molecule has 8 heteroatoms. The first kappa shape index (κ1) is 22.0. The molecule has 1 atom stereocenters. The van der Waals surface area contributed by atoms with E-state index in [9.17, 15) is 4.79 Å². The maximum atomic E-state index is 12.0. The molecule has 1 aliphatic rings. The first-order valence-electron chi connectivity index (χ1n) is 8.20. The number of nitrogens with zero attached hydrogens (tertiary/aromatic N) is 1. The molecular formula is C17H26ClIN4O2. The van der Waals surface area contributed by atoms with Crippen LogP contribution in [0.3, 0.4) is 0 Å². The van der Waals surface area contributed by atoms with Gasteiger partial charge >= 0.3 is 0 Å². The lowest BCUT2D eigenvalue weighted by Crippen LogP contribution is -2.41. The molecule has 25 heavy (non-hydrogen) atoms. The number of anilines is 1. The summed E-state index contributed by atoms with van der Waals surface area (Å²) in [6.07, 6.45) is 2.75. The maximum absolute atomic E-state index is 12.0. The van der Waals surface area contributed by atoms with Gasteiger partial charge in [0.05, 0.1) is 16.8 Å². The number of nitrogens with one attached hydrogen (secondary N) is 3. The summed E-state index contributed by atoms with van der Waals surface area (Å²) in [4.78, 5) is 16.1. The highest BCUT2D eigenvalue weighted by Gasteiger charge is 2.15. The summed E-state index contributed by atoms with van der Waals surface area (Å²) in [5.74, 6) is 0.578. The molecule has 0 aliphatic carbocycles. The fraction of sp³-hybridized carbons (Fsp3) is 0.529. The first-order valence-corrected chi connectivity index (χ1v) is 8.58. The molecule has 3 N–H and O–H groups in total. The Morgan fingerprint density at radius 3 is 2.84 bits per heavy atom. The molecule has 1 fully saturated rings. The van der Waals surface area contributed by atoms with E-state index in [1.165, 1.54) is 0 Å². The summed E-state index contributed by atoms with van der Waals surface area (Å²) >= 11 is 6.11. The third kappa shape index (κ3) is 7.79. The first-order chi connectivity index (χ1) is 11.6. The van der Waals surface area contributed by atoms with Gasteiger partial charge in [-0.2, -0.15) is 0 Å². The predicted molar refractivity (Wildman–Crippen MR) is 113 cm³/mol. The van der Waals surface area contributed by atoms with E-state index in [4.69, 9.17) is 16.3 Å². The minimum absolute atomic E-state index is 0. The van der Waals surface area contributed by atoms with E-state index < -0.39 is 0 Å². The molecule has 1 aliphatic heterocycles. The zero-order valence-electron chi connectivity index (χ0n) is 14.6.